The van der Waals surface area contributed by atoms with E-state index in [0.29, 0.717) is 0 Å². The van der Waals surface area contributed by atoms with Gasteiger partial charge in [-0.05, 0) is 24.3 Å². The number of rotatable bonds is 0. The molecule has 0 saturated carbocycles. The van der Waals surface area contributed by atoms with Gasteiger partial charge in [0.05, 0.1) is 11.0 Å². The first-order chi connectivity index (χ1) is 7.24. The van der Waals surface area contributed by atoms with Crippen LogP contribution in [0.15, 0.2) is 36.4 Å². The minimum Gasteiger partial charge on any atom is -0.508 e. The highest BCUT2D eigenvalue weighted by Gasteiger charge is 2.04. The van der Waals surface area contributed by atoms with Crippen molar-refractivity contribution in [1.82, 2.24) is 4.98 Å². The summed E-state index contributed by atoms with van der Waals surface area (Å²) in [6.07, 6.45) is 0. The molecule has 0 saturated heterocycles. The number of H-pyrrole nitrogens is 1. The number of hydrogen-bond donors (Lipinski definition) is 3. The van der Waals surface area contributed by atoms with Crippen LogP contribution in [0.5, 0.6) is 11.5 Å². The van der Waals surface area contributed by atoms with E-state index in [0.717, 1.165) is 21.8 Å². The third kappa shape index (κ3) is 1.13. The van der Waals surface area contributed by atoms with Crippen molar-refractivity contribution < 1.29 is 10.2 Å². The lowest BCUT2D eigenvalue weighted by Crippen LogP contribution is -1.66. The molecule has 0 atom stereocenters. The van der Waals surface area contributed by atoms with Gasteiger partial charge in [0, 0.05) is 22.9 Å². The number of aromatic hydroxyl groups is 2. The number of benzene rings is 2. The Morgan fingerprint density at radius 2 is 1.20 bits per heavy atom. The highest BCUT2D eigenvalue weighted by molar-refractivity contribution is 6.07. The summed E-state index contributed by atoms with van der Waals surface area (Å²) in [4.78, 5) is 3.14. The van der Waals surface area contributed by atoms with Gasteiger partial charge in [0.2, 0.25) is 0 Å². The van der Waals surface area contributed by atoms with Crippen LogP contribution in [0.4, 0.5) is 0 Å². The second kappa shape index (κ2) is 2.67. The molecule has 74 valence electrons. The van der Waals surface area contributed by atoms with Crippen LogP contribution in [0.25, 0.3) is 21.8 Å². The van der Waals surface area contributed by atoms with Gasteiger partial charge in [-0.25, -0.2) is 0 Å². The van der Waals surface area contributed by atoms with Crippen molar-refractivity contribution in [1.29, 1.82) is 0 Å². The minimum absolute atomic E-state index is 0.235. The molecule has 15 heavy (non-hydrogen) atoms. The first kappa shape index (κ1) is 8.17. The summed E-state index contributed by atoms with van der Waals surface area (Å²) < 4.78 is 0. The van der Waals surface area contributed by atoms with Crippen molar-refractivity contribution in [3.8, 4) is 11.5 Å². The van der Waals surface area contributed by atoms with Crippen molar-refractivity contribution in [2.75, 3.05) is 0 Å². The zero-order valence-electron chi connectivity index (χ0n) is 7.86. The first-order valence-corrected chi connectivity index (χ1v) is 4.67. The van der Waals surface area contributed by atoms with E-state index in [9.17, 15) is 10.2 Å². The average Bonchev–Trinajstić information content (AvgIpc) is 2.53. The number of nitrogens with one attached hydrogen (secondary N) is 1. The van der Waals surface area contributed by atoms with Crippen molar-refractivity contribution in [3.63, 3.8) is 0 Å². The van der Waals surface area contributed by atoms with Gasteiger partial charge in [0.1, 0.15) is 11.5 Å². The Morgan fingerprint density at radius 1 is 0.733 bits per heavy atom. The molecule has 3 N–H and O–H groups in total. The fourth-order valence-corrected chi connectivity index (χ4v) is 1.89. The van der Waals surface area contributed by atoms with Crippen LogP contribution in [0.1, 0.15) is 0 Å². The predicted molar refractivity (Wildman–Crippen MR) is 59.1 cm³/mol. The summed E-state index contributed by atoms with van der Waals surface area (Å²) >= 11 is 0. The topological polar surface area (TPSA) is 56.2 Å². The molecule has 0 aliphatic carbocycles. The van der Waals surface area contributed by atoms with Gasteiger partial charge in [-0.3, -0.25) is 0 Å². The third-order valence-corrected chi connectivity index (χ3v) is 2.57. The standard InChI is InChI=1S/C12H9NO2/c14-7-1-3-9-10-4-2-8(15)6-12(10)13-11(9)5-7/h1-6,13-15H. The Labute approximate surface area is 85.6 Å². The molecule has 3 heteroatoms. The summed E-state index contributed by atoms with van der Waals surface area (Å²) in [6.45, 7) is 0. The lowest BCUT2D eigenvalue weighted by Gasteiger charge is -1.92. The van der Waals surface area contributed by atoms with E-state index in [1.807, 2.05) is 12.1 Å². The van der Waals surface area contributed by atoms with E-state index in [1.165, 1.54) is 0 Å². The van der Waals surface area contributed by atoms with Crippen LogP contribution < -0.4 is 0 Å². The number of phenolic OH excluding ortho intramolecular Hbond substituents is 2. The van der Waals surface area contributed by atoms with E-state index < -0.39 is 0 Å². The summed E-state index contributed by atoms with van der Waals surface area (Å²) in [7, 11) is 0. The van der Waals surface area contributed by atoms with Crippen molar-refractivity contribution in [2.24, 2.45) is 0 Å². The molecule has 0 amide bonds. The molecule has 3 rings (SSSR count). The number of phenols is 2. The SMILES string of the molecule is Oc1ccc2c(c1)[nH]c1cc(O)ccc12. The lowest BCUT2D eigenvalue weighted by atomic mass is 10.1. The molecule has 1 heterocycles. The fourth-order valence-electron chi connectivity index (χ4n) is 1.89. The maximum absolute atomic E-state index is 9.34. The Bertz CT molecular complexity index is 599. The second-order valence-corrected chi connectivity index (χ2v) is 3.58. The van der Waals surface area contributed by atoms with Gasteiger partial charge in [-0.2, -0.15) is 0 Å². The monoisotopic (exact) mass is 199 g/mol. The van der Waals surface area contributed by atoms with Gasteiger partial charge in [0.15, 0.2) is 0 Å². The van der Waals surface area contributed by atoms with Crippen molar-refractivity contribution in [3.05, 3.63) is 36.4 Å². The number of fused-ring (bicyclic) bond motifs is 3. The highest BCUT2D eigenvalue weighted by Crippen LogP contribution is 2.29. The zero-order valence-corrected chi connectivity index (χ0v) is 7.86. The van der Waals surface area contributed by atoms with Gasteiger partial charge < -0.3 is 15.2 Å². The number of hydrogen-bond acceptors (Lipinski definition) is 2. The normalized spacial score (nSPS) is 11.2. The molecule has 0 bridgehead atoms. The average molecular weight is 199 g/mol. The van der Waals surface area contributed by atoms with Crippen LogP contribution in [-0.4, -0.2) is 15.2 Å². The van der Waals surface area contributed by atoms with Crippen LogP contribution in [0, 0.1) is 0 Å². The Balaban J connectivity index is 2.51. The van der Waals surface area contributed by atoms with E-state index >= 15 is 0 Å². The summed E-state index contributed by atoms with van der Waals surface area (Å²) in [6, 6.07) is 10.4. The molecule has 0 spiro atoms. The summed E-state index contributed by atoms with van der Waals surface area (Å²) in [5, 5.41) is 20.8. The van der Waals surface area contributed by atoms with Crippen LogP contribution in [-0.2, 0) is 0 Å². The molecule has 0 radical (unpaired) electrons. The van der Waals surface area contributed by atoms with Gasteiger partial charge in [-0.1, -0.05) is 0 Å². The molecular formula is C12H9NO2. The van der Waals surface area contributed by atoms with Gasteiger partial charge in [0.25, 0.3) is 0 Å². The van der Waals surface area contributed by atoms with E-state index in [1.54, 1.807) is 24.3 Å². The van der Waals surface area contributed by atoms with E-state index in [2.05, 4.69) is 4.98 Å². The van der Waals surface area contributed by atoms with E-state index in [-0.39, 0.29) is 11.5 Å². The molecule has 1 aromatic heterocycles. The Morgan fingerprint density at radius 3 is 1.67 bits per heavy atom. The largest absolute Gasteiger partial charge is 0.508 e. The van der Waals surface area contributed by atoms with Crippen molar-refractivity contribution in [2.45, 2.75) is 0 Å². The Hall–Kier alpha value is -2.16. The quantitative estimate of drug-likeness (QED) is 0.521. The molecule has 3 aromatic rings. The molecular weight excluding hydrogens is 190 g/mol. The van der Waals surface area contributed by atoms with Crippen LogP contribution >= 0.6 is 0 Å². The van der Waals surface area contributed by atoms with Crippen LogP contribution in [0.3, 0.4) is 0 Å². The molecule has 0 aliphatic rings. The summed E-state index contributed by atoms with van der Waals surface area (Å²) in [5.41, 5.74) is 1.74. The molecule has 0 aliphatic heterocycles. The first-order valence-electron chi connectivity index (χ1n) is 4.67. The fraction of sp³-hybridized carbons (Fsp3) is 0. The number of aromatic amines is 1. The Kier molecular flexibility index (Phi) is 1.45. The van der Waals surface area contributed by atoms with Crippen molar-refractivity contribution >= 4 is 21.8 Å². The van der Waals surface area contributed by atoms with E-state index in [4.69, 9.17) is 0 Å². The minimum atomic E-state index is 0.235. The smallest absolute Gasteiger partial charge is 0.117 e. The maximum Gasteiger partial charge on any atom is 0.117 e. The zero-order chi connectivity index (χ0) is 10.4. The predicted octanol–water partition coefficient (Wildman–Crippen LogP) is 2.73. The van der Waals surface area contributed by atoms with Crippen LogP contribution in [0.2, 0.25) is 0 Å². The molecule has 0 unspecified atom stereocenters. The van der Waals surface area contributed by atoms with Gasteiger partial charge >= 0.3 is 0 Å². The maximum atomic E-state index is 9.34. The lowest BCUT2D eigenvalue weighted by molar-refractivity contribution is 0.475. The highest BCUT2D eigenvalue weighted by atomic mass is 16.3. The summed E-state index contributed by atoms with van der Waals surface area (Å²) in [5.74, 6) is 0.469. The number of aromatic nitrogens is 1. The molecule has 0 fully saturated rings. The van der Waals surface area contributed by atoms with Gasteiger partial charge in [-0.15, -0.1) is 0 Å². The molecule has 2 aromatic carbocycles. The second-order valence-electron chi connectivity index (χ2n) is 3.58. The third-order valence-electron chi connectivity index (χ3n) is 2.57. The molecule has 3 nitrogen and oxygen atoms in total.